The van der Waals surface area contributed by atoms with Gasteiger partial charge in [-0.25, -0.2) is 0 Å². The fourth-order valence-corrected chi connectivity index (χ4v) is 2.72. The molecule has 1 saturated heterocycles. The highest BCUT2D eigenvalue weighted by Crippen LogP contribution is 2.00. The number of aliphatic hydroxyl groups is 2. The summed E-state index contributed by atoms with van der Waals surface area (Å²) in [5.41, 5.74) is 0. The number of hydrogen-bond donors (Lipinski definition) is 2. The second kappa shape index (κ2) is 14.8. The molecule has 0 radical (unpaired) electrons. The SMILES string of the molecule is CCN(CCN1CCOCC1)CC(O)COCCCCOCC(C)O. The number of rotatable bonds is 15. The van der Waals surface area contributed by atoms with E-state index in [-0.39, 0.29) is 0 Å². The van der Waals surface area contributed by atoms with E-state index in [2.05, 4.69) is 16.7 Å². The van der Waals surface area contributed by atoms with Crippen LogP contribution >= 0.6 is 0 Å². The predicted molar refractivity (Wildman–Crippen MR) is 97.9 cm³/mol. The summed E-state index contributed by atoms with van der Waals surface area (Å²) in [4.78, 5) is 4.68. The van der Waals surface area contributed by atoms with E-state index >= 15 is 0 Å². The Morgan fingerprint density at radius 1 is 1.08 bits per heavy atom. The first kappa shape index (κ1) is 22.8. The van der Waals surface area contributed by atoms with E-state index in [1.807, 2.05) is 0 Å². The summed E-state index contributed by atoms with van der Waals surface area (Å²) < 4.78 is 16.2. The van der Waals surface area contributed by atoms with Gasteiger partial charge in [-0.05, 0) is 26.3 Å². The van der Waals surface area contributed by atoms with Gasteiger partial charge in [-0.3, -0.25) is 9.80 Å². The minimum Gasteiger partial charge on any atom is -0.391 e. The summed E-state index contributed by atoms with van der Waals surface area (Å²) in [7, 11) is 0. The van der Waals surface area contributed by atoms with Gasteiger partial charge in [0.15, 0.2) is 0 Å². The number of morpholine rings is 1. The van der Waals surface area contributed by atoms with Crippen LogP contribution in [-0.4, -0.2) is 111 Å². The van der Waals surface area contributed by atoms with Gasteiger partial charge in [-0.15, -0.1) is 0 Å². The van der Waals surface area contributed by atoms with Crippen LogP contribution in [0.5, 0.6) is 0 Å². The van der Waals surface area contributed by atoms with Crippen molar-refractivity contribution >= 4 is 0 Å². The molecule has 0 aromatic heterocycles. The second-order valence-corrected chi connectivity index (χ2v) is 6.71. The van der Waals surface area contributed by atoms with E-state index in [0.29, 0.717) is 33.0 Å². The minimum absolute atomic E-state index is 0.378. The molecule has 0 amide bonds. The van der Waals surface area contributed by atoms with Crippen LogP contribution < -0.4 is 0 Å². The Hall–Kier alpha value is -0.280. The summed E-state index contributed by atoms with van der Waals surface area (Å²) in [5.74, 6) is 0. The lowest BCUT2D eigenvalue weighted by molar-refractivity contribution is 0.00575. The standard InChI is InChI=1S/C18H38N2O5/c1-3-19(6-7-20-8-12-23-13-9-20)14-18(22)16-25-11-5-4-10-24-15-17(2)21/h17-18,21-22H,3-16H2,1-2H3. The van der Waals surface area contributed by atoms with Gasteiger partial charge in [0.1, 0.15) is 0 Å². The highest BCUT2D eigenvalue weighted by molar-refractivity contribution is 4.68. The third kappa shape index (κ3) is 12.7. The summed E-state index contributed by atoms with van der Waals surface area (Å²) in [6.07, 6.45) is 0.956. The molecule has 2 atom stereocenters. The molecule has 0 spiro atoms. The van der Waals surface area contributed by atoms with Gasteiger partial charge in [0, 0.05) is 45.9 Å². The fourth-order valence-electron chi connectivity index (χ4n) is 2.72. The first-order valence-corrected chi connectivity index (χ1v) is 9.66. The Balaban J connectivity index is 1.98. The van der Waals surface area contributed by atoms with Crippen molar-refractivity contribution in [3.05, 3.63) is 0 Å². The first-order valence-electron chi connectivity index (χ1n) is 9.66. The number of nitrogens with zero attached hydrogens (tertiary/aromatic N) is 2. The van der Waals surface area contributed by atoms with E-state index in [0.717, 1.165) is 58.8 Å². The molecule has 0 aliphatic carbocycles. The molecule has 0 aromatic rings. The normalized spacial score (nSPS) is 18.6. The van der Waals surface area contributed by atoms with Crippen LogP contribution in [0.25, 0.3) is 0 Å². The van der Waals surface area contributed by atoms with Crippen LogP contribution in [0.15, 0.2) is 0 Å². The average molecular weight is 363 g/mol. The summed E-state index contributed by atoms with van der Waals surface area (Å²) in [6, 6.07) is 0. The van der Waals surface area contributed by atoms with Gasteiger partial charge in [0.25, 0.3) is 0 Å². The smallest absolute Gasteiger partial charge is 0.0900 e. The zero-order chi connectivity index (χ0) is 18.3. The maximum absolute atomic E-state index is 10.1. The maximum Gasteiger partial charge on any atom is 0.0900 e. The molecule has 1 heterocycles. The molecule has 0 aromatic carbocycles. The Morgan fingerprint density at radius 3 is 2.32 bits per heavy atom. The van der Waals surface area contributed by atoms with Crippen LogP contribution in [0.2, 0.25) is 0 Å². The summed E-state index contributed by atoms with van der Waals surface area (Å²) in [5, 5.41) is 19.2. The van der Waals surface area contributed by atoms with E-state index in [1.165, 1.54) is 0 Å². The average Bonchev–Trinajstić information content (AvgIpc) is 2.61. The maximum atomic E-state index is 10.1. The van der Waals surface area contributed by atoms with Crippen molar-refractivity contribution in [1.82, 2.24) is 9.80 Å². The van der Waals surface area contributed by atoms with E-state index in [1.54, 1.807) is 6.92 Å². The molecule has 2 unspecified atom stereocenters. The summed E-state index contributed by atoms with van der Waals surface area (Å²) in [6.45, 7) is 13.1. The molecule has 0 bridgehead atoms. The number of aliphatic hydroxyl groups excluding tert-OH is 2. The van der Waals surface area contributed by atoms with Gasteiger partial charge < -0.3 is 24.4 Å². The lowest BCUT2D eigenvalue weighted by Crippen LogP contribution is -2.43. The van der Waals surface area contributed by atoms with E-state index in [9.17, 15) is 5.11 Å². The number of likely N-dealkylation sites (N-methyl/N-ethyl adjacent to an activating group) is 1. The van der Waals surface area contributed by atoms with Crippen LogP contribution in [0.3, 0.4) is 0 Å². The molecule has 7 heteroatoms. The molecule has 7 nitrogen and oxygen atoms in total. The minimum atomic E-state index is -0.448. The van der Waals surface area contributed by atoms with Crippen molar-refractivity contribution < 1.29 is 24.4 Å². The molecule has 2 N–H and O–H groups in total. The number of unbranched alkanes of at least 4 members (excludes halogenated alkanes) is 1. The molecular weight excluding hydrogens is 324 g/mol. The van der Waals surface area contributed by atoms with Gasteiger partial charge in [0.2, 0.25) is 0 Å². The zero-order valence-corrected chi connectivity index (χ0v) is 16.1. The number of hydrogen-bond acceptors (Lipinski definition) is 7. The molecule has 1 fully saturated rings. The Kier molecular flexibility index (Phi) is 13.5. The van der Waals surface area contributed by atoms with Crippen LogP contribution in [-0.2, 0) is 14.2 Å². The molecule has 0 saturated carbocycles. The molecule has 1 aliphatic heterocycles. The van der Waals surface area contributed by atoms with Crippen molar-refractivity contribution in [1.29, 1.82) is 0 Å². The zero-order valence-electron chi connectivity index (χ0n) is 16.1. The summed E-state index contributed by atoms with van der Waals surface area (Å²) >= 11 is 0. The van der Waals surface area contributed by atoms with Gasteiger partial charge in [-0.2, -0.15) is 0 Å². The number of ether oxygens (including phenoxy) is 3. The Bertz CT molecular complexity index is 301. The van der Waals surface area contributed by atoms with Gasteiger partial charge >= 0.3 is 0 Å². The van der Waals surface area contributed by atoms with Gasteiger partial charge in [0.05, 0.1) is 38.6 Å². The molecule has 1 rings (SSSR count). The van der Waals surface area contributed by atoms with Crippen molar-refractivity contribution in [2.24, 2.45) is 0 Å². The fraction of sp³-hybridized carbons (Fsp3) is 1.00. The van der Waals surface area contributed by atoms with Crippen molar-refractivity contribution in [2.45, 2.75) is 38.9 Å². The predicted octanol–water partition coefficient (Wildman–Crippen LogP) is 0.196. The quantitative estimate of drug-likeness (QED) is 0.403. The highest BCUT2D eigenvalue weighted by Gasteiger charge is 2.14. The molecule has 150 valence electrons. The van der Waals surface area contributed by atoms with Crippen LogP contribution in [0.4, 0.5) is 0 Å². The van der Waals surface area contributed by atoms with E-state index in [4.69, 9.17) is 19.3 Å². The Morgan fingerprint density at radius 2 is 1.72 bits per heavy atom. The van der Waals surface area contributed by atoms with Crippen molar-refractivity contribution in [3.63, 3.8) is 0 Å². The largest absolute Gasteiger partial charge is 0.391 e. The molecular formula is C18H38N2O5. The molecule has 1 aliphatic rings. The lowest BCUT2D eigenvalue weighted by Gasteiger charge is -2.30. The van der Waals surface area contributed by atoms with Crippen LogP contribution in [0, 0.1) is 0 Å². The van der Waals surface area contributed by atoms with Crippen molar-refractivity contribution in [3.8, 4) is 0 Å². The lowest BCUT2D eigenvalue weighted by atomic mass is 10.3. The van der Waals surface area contributed by atoms with E-state index < -0.39 is 12.2 Å². The monoisotopic (exact) mass is 362 g/mol. The third-order valence-corrected chi connectivity index (χ3v) is 4.25. The van der Waals surface area contributed by atoms with Gasteiger partial charge in [-0.1, -0.05) is 6.92 Å². The topological polar surface area (TPSA) is 74.6 Å². The Labute approximate surface area is 152 Å². The molecule has 25 heavy (non-hydrogen) atoms. The van der Waals surface area contributed by atoms with Crippen LogP contribution in [0.1, 0.15) is 26.7 Å². The second-order valence-electron chi connectivity index (χ2n) is 6.71. The third-order valence-electron chi connectivity index (χ3n) is 4.25. The highest BCUT2D eigenvalue weighted by atomic mass is 16.5. The first-order chi connectivity index (χ1) is 12.1. The van der Waals surface area contributed by atoms with Crippen molar-refractivity contribution in [2.75, 3.05) is 78.9 Å².